The van der Waals surface area contributed by atoms with Gasteiger partial charge in [0, 0.05) is 37.5 Å². The first-order valence-electron chi connectivity index (χ1n) is 10.3. The van der Waals surface area contributed by atoms with Gasteiger partial charge in [-0.05, 0) is 44.8 Å². The van der Waals surface area contributed by atoms with Gasteiger partial charge in [-0.3, -0.25) is 4.99 Å². The summed E-state index contributed by atoms with van der Waals surface area (Å²) in [6.45, 7) is 5.89. The molecule has 1 saturated carbocycles. The molecule has 0 bridgehead atoms. The number of aliphatic imine (C=N–C) groups is 1. The Kier molecular flexibility index (Phi) is 9.82. The second-order valence-corrected chi connectivity index (χ2v) is 9.07. The normalized spacial score (nSPS) is 29.4. The third-order valence-electron chi connectivity index (χ3n) is 5.92. The molecule has 1 unspecified atom stereocenters. The Hall–Kier alpha value is 0.270. The van der Waals surface area contributed by atoms with Crippen LogP contribution in [0.1, 0.15) is 58.3 Å². The number of halogens is 1. The zero-order chi connectivity index (χ0) is 17.5. The van der Waals surface area contributed by atoms with Crippen LogP contribution in [0, 0.1) is 0 Å². The molecule has 2 aliphatic heterocycles. The molecule has 0 aromatic heterocycles. The highest BCUT2D eigenvalue weighted by Crippen LogP contribution is 2.28. The quantitative estimate of drug-likeness (QED) is 0.311. The zero-order valence-electron chi connectivity index (χ0n) is 16.2. The fraction of sp³-hybridized carbons (Fsp3) is 0.947. The van der Waals surface area contributed by atoms with Crippen LogP contribution in [0.3, 0.4) is 0 Å². The van der Waals surface area contributed by atoms with Crippen LogP contribution in [0.2, 0.25) is 0 Å². The summed E-state index contributed by atoms with van der Waals surface area (Å²) in [5.41, 5.74) is -0.600. The van der Waals surface area contributed by atoms with Crippen LogP contribution >= 0.6 is 35.7 Å². The van der Waals surface area contributed by atoms with Crippen LogP contribution in [0.15, 0.2) is 4.99 Å². The van der Waals surface area contributed by atoms with Gasteiger partial charge in [-0.2, -0.15) is 11.8 Å². The fourth-order valence-corrected chi connectivity index (χ4v) is 5.60. The molecule has 1 atom stereocenters. The molecule has 0 aromatic rings. The summed E-state index contributed by atoms with van der Waals surface area (Å²) < 4.78 is 0. The van der Waals surface area contributed by atoms with E-state index in [2.05, 4.69) is 27.4 Å². The molecule has 0 spiro atoms. The van der Waals surface area contributed by atoms with E-state index >= 15 is 0 Å². The van der Waals surface area contributed by atoms with E-state index in [1.807, 2.05) is 11.8 Å². The number of thioether (sulfide) groups is 1. The molecule has 0 radical (unpaired) electrons. The molecule has 0 amide bonds. The van der Waals surface area contributed by atoms with E-state index in [9.17, 15) is 5.11 Å². The molecule has 3 aliphatic rings. The van der Waals surface area contributed by atoms with Gasteiger partial charge in [0.2, 0.25) is 0 Å². The van der Waals surface area contributed by atoms with Gasteiger partial charge in [0.15, 0.2) is 5.96 Å². The van der Waals surface area contributed by atoms with E-state index in [4.69, 9.17) is 0 Å². The van der Waals surface area contributed by atoms with Gasteiger partial charge in [-0.1, -0.05) is 19.3 Å². The first kappa shape index (κ1) is 22.6. The lowest BCUT2D eigenvalue weighted by atomic mass is 9.92. The number of piperidine rings is 1. The molecule has 5 nitrogen and oxygen atoms in total. The summed E-state index contributed by atoms with van der Waals surface area (Å²) in [6, 6.07) is 1.34. The van der Waals surface area contributed by atoms with Crippen molar-refractivity contribution in [3.63, 3.8) is 0 Å². The van der Waals surface area contributed by atoms with Gasteiger partial charge in [0.05, 0.1) is 12.1 Å². The lowest BCUT2D eigenvalue weighted by Gasteiger charge is -2.39. The SMILES string of the molecule is CCNC(=NCC1(O)CCSC1)NC1CCN(C2CCCCC2)CC1.I. The second-order valence-electron chi connectivity index (χ2n) is 7.97. The Balaban J connectivity index is 0.00000243. The van der Waals surface area contributed by atoms with E-state index < -0.39 is 5.60 Å². The lowest BCUT2D eigenvalue weighted by Crippen LogP contribution is -2.51. The molecule has 0 aromatic carbocycles. The predicted molar refractivity (Wildman–Crippen MR) is 123 cm³/mol. The van der Waals surface area contributed by atoms with Crippen molar-refractivity contribution < 1.29 is 5.11 Å². The number of guanidine groups is 1. The highest BCUT2D eigenvalue weighted by molar-refractivity contribution is 14.0. The zero-order valence-corrected chi connectivity index (χ0v) is 19.4. The van der Waals surface area contributed by atoms with Crippen LogP contribution in [-0.2, 0) is 0 Å². The van der Waals surface area contributed by atoms with Crippen molar-refractivity contribution in [3.05, 3.63) is 0 Å². The Morgan fingerprint density at radius 2 is 1.92 bits per heavy atom. The Morgan fingerprint density at radius 3 is 2.54 bits per heavy atom. The summed E-state index contributed by atoms with van der Waals surface area (Å²) in [6.07, 6.45) is 10.3. The van der Waals surface area contributed by atoms with Crippen molar-refractivity contribution in [1.82, 2.24) is 15.5 Å². The van der Waals surface area contributed by atoms with Gasteiger partial charge in [-0.25, -0.2) is 0 Å². The Labute approximate surface area is 180 Å². The van der Waals surface area contributed by atoms with Crippen molar-refractivity contribution in [2.24, 2.45) is 4.99 Å². The molecule has 1 aliphatic carbocycles. The highest BCUT2D eigenvalue weighted by atomic mass is 127. The second kappa shape index (κ2) is 11.3. The summed E-state index contributed by atoms with van der Waals surface area (Å²) in [5, 5.41) is 17.5. The van der Waals surface area contributed by atoms with Crippen LogP contribution in [0.5, 0.6) is 0 Å². The third-order valence-corrected chi connectivity index (χ3v) is 7.15. The molecule has 3 fully saturated rings. The standard InChI is InChI=1S/C19H36N4OS.HI/c1-2-20-18(21-14-19(24)10-13-25-15-19)22-16-8-11-23(12-9-16)17-6-4-3-5-7-17;/h16-17,24H,2-15H2,1H3,(H2,20,21,22);1H. The summed E-state index contributed by atoms with van der Waals surface area (Å²) >= 11 is 1.83. The number of nitrogens with one attached hydrogen (secondary N) is 2. The van der Waals surface area contributed by atoms with Crippen LogP contribution in [-0.4, -0.2) is 71.3 Å². The molecule has 2 saturated heterocycles. The van der Waals surface area contributed by atoms with Gasteiger partial charge in [0.25, 0.3) is 0 Å². The molecule has 26 heavy (non-hydrogen) atoms. The van der Waals surface area contributed by atoms with Crippen LogP contribution in [0.25, 0.3) is 0 Å². The van der Waals surface area contributed by atoms with E-state index in [1.165, 1.54) is 58.0 Å². The molecule has 3 N–H and O–H groups in total. The Morgan fingerprint density at radius 1 is 1.19 bits per heavy atom. The molecule has 2 heterocycles. The third kappa shape index (κ3) is 6.71. The number of likely N-dealkylation sites (tertiary alicyclic amines) is 1. The molecule has 3 rings (SSSR count). The number of hydrogen-bond acceptors (Lipinski definition) is 4. The lowest BCUT2D eigenvalue weighted by molar-refractivity contribution is 0.0777. The molecular weight excluding hydrogens is 459 g/mol. The fourth-order valence-electron chi connectivity index (χ4n) is 4.32. The number of aliphatic hydroxyl groups is 1. The largest absolute Gasteiger partial charge is 0.387 e. The number of rotatable bonds is 5. The van der Waals surface area contributed by atoms with Gasteiger partial charge in [-0.15, -0.1) is 24.0 Å². The van der Waals surface area contributed by atoms with Crippen molar-refractivity contribution >= 4 is 41.7 Å². The minimum atomic E-state index is -0.600. The summed E-state index contributed by atoms with van der Waals surface area (Å²) in [7, 11) is 0. The van der Waals surface area contributed by atoms with E-state index in [1.54, 1.807) is 0 Å². The van der Waals surface area contributed by atoms with E-state index in [0.717, 1.165) is 36.5 Å². The smallest absolute Gasteiger partial charge is 0.191 e. The molecule has 152 valence electrons. The van der Waals surface area contributed by atoms with Crippen molar-refractivity contribution in [3.8, 4) is 0 Å². The Bertz CT molecular complexity index is 431. The molecular formula is C19H37IN4OS. The minimum Gasteiger partial charge on any atom is -0.387 e. The topological polar surface area (TPSA) is 59.9 Å². The summed E-state index contributed by atoms with van der Waals surface area (Å²) in [4.78, 5) is 7.41. The first-order chi connectivity index (χ1) is 12.2. The maximum absolute atomic E-state index is 10.5. The average molecular weight is 497 g/mol. The van der Waals surface area contributed by atoms with Crippen molar-refractivity contribution in [2.45, 2.75) is 76.0 Å². The highest BCUT2D eigenvalue weighted by Gasteiger charge is 2.32. The van der Waals surface area contributed by atoms with Gasteiger partial charge < -0.3 is 20.6 Å². The van der Waals surface area contributed by atoms with E-state index in [-0.39, 0.29) is 24.0 Å². The molecule has 7 heteroatoms. The summed E-state index contributed by atoms with van der Waals surface area (Å²) in [5.74, 6) is 2.75. The maximum atomic E-state index is 10.5. The van der Waals surface area contributed by atoms with Crippen molar-refractivity contribution in [1.29, 1.82) is 0 Å². The first-order valence-corrected chi connectivity index (χ1v) is 11.4. The monoisotopic (exact) mass is 496 g/mol. The maximum Gasteiger partial charge on any atom is 0.191 e. The van der Waals surface area contributed by atoms with E-state index in [0.29, 0.717) is 12.6 Å². The van der Waals surface area contributed by atoms with Gasteiger partial charge >= 0.3 is 0 Å². The van der Waals surface area contributed by atoms with Crippen LogP contribution in [0.4, 0.5) is 0 Å². The number of hydrogen-bond donors (Lipinski definition) is 3. The average Bonchev–Trinajstić information content (AvgIpc) is 3.08. The minimum absolute atomic E-state index is 0. The number of nitrogens with zero attached hydrogens (tertiary/aromatic N) is 2. The van der Waals surface area contributed by atoms with Crippen molar-refractivity contribution in [2.75, 3.05) is 37.7 Å². The van der Waals surface area contributed by atoms with Gasteiger partial charge in [0.1, 0.15) is 0 Å². The predicted octanol–water partition coefficient (Wildman–Crippen LogP) is 2.82. The van der Waals surface area contributed by atoms with Crippen LogP contribution < -0.4 is 10.6 Å².